The van der Waals surface area contributed by atoms with Gasteiger partial charge in [-0.2, -0.15) is 0 Å². The maximum absolute atomic E-state index is 11.2. The Balaban J connectivity index is 2.37. The van der Waals surface area contributed by atoms with Crippen LogP contribution in [0.1, 0.15) is 13.3 Å². The second-order valence-electron chi connectivity index (χ2n) is 4.27. The summed E-state index contributed by atoms with van der Waals surface area (Å²) in [6.45, 7) is 5.38. The van der Waals surface area contributed by atoms with Gasteiger partial charge in [-0.25, -0.2) is 4.79 Å². The third-order valence-electron chi connectivity index (χ3n) is 3.44. The number of esters is 1. The zero-order valence-electron chi connectivity index (χ0n) is 8.06. The van der Waals surface area contributed by atoms with E-state index in [1.807, 2.05) is 6.92 Å². The van der Waals surface area contributed by atoms with Gasteiger partial charge in [-0.1, -0.05) is 13.5 Å². The van der Waals surface area contributed by atoms with Gasteiger partial charge < -0.3 is 14.9 Å². The topological polar surface area (TPSA) is 66.8 Å². The minimum Gasteiger partial charge on any atom is -0.459 e. The highest BCUT2D eigenvalue weighted by Crippen LogP contribution is 2.46. The number of ether oxygens (including phenoxy) is 1. The monoisotopic (exact) mass is 198 g/mol. The Labute approximate surface area is 82.2 Å². The Bertz CT molecular complexity index is 298. The van der Waals surface area contributed by atoms with Crippen molar-refractivity contribution in [1.29, 1.82) is 0 Å². The molecule has 2 fully saturated rings. The molecule has 2 aliphatic rings. The molecule has 1 heterocycles. The molecule has 0 bridgehead atoms. The van der Waals surface area contributed by atoms with Crippen LogP contribution in [0.4, 0.5) is 0 Å². The molecule has 4 heteroatoms. The first-order valence-electron chi connectivity index (χ1n) is 4.73. The van der Waals surface area contributed by atoms with E-state index in [4.69, 9.17) is 4.74 Å². The number of fused-ring (bicyclic) bond motifs is 1. The Morgan fingerprint density at radius 3 is 2.93 bits per heavy atom. The van der Waals surface area contributed by atoms with Crippen LogP contribution < -0.4 is 0 Å². The fourth-order valence-corrected chi connectivity index (χ4v) is 2.51. The van der Waals surface area contributed by atoms with E-state index in [0.29, 0.717) is 6.42 Å². The third-order valence-corrected chi connectivity index (χ3v) is 3.44. The first kappa shape index (κ1) is 9.68. The smallest absolute Gasteiger partial charge is 0.334 e. The van der Waals surface area contributed by atoms with E-state index in [9.17, 15) is 15.0 Å². The summed E-state index contributed by atoms with van der Waals surface area (Å²) in [6, 6.07) is 0. The van der Waals surface area contributed by atoms with Gasteiger partial charge in [0.05, 0.1) is 6.10 Å². The van der Waals surface area contributed by atoms with Crippen molar-refractivity contribution in [2.75, 3.05) is 6.61 Å². The van der Waals surface area contributed by atoms with Crippen LogP contribution in [0.2, 0.25) is 0 Å². The van der Waals surface area contributed by atoms with Crippen LogP contribution in [0, 0.1) is 11.8 Å². The molecule has 14 heavy (non-hydrogen) atoms. The van der Waals surface area contributed by atoms with Crippen molar-refractivity contribution in [3.63, 3.8) is 0 Å². The number of hydrogen-bond acceptors (Lipinski definition) is 4. The van der Waals surface area contributed by atoms with Crippen LogP contribution in [0.25, 0.3) is 0 Å². The van der Waals surface area contributed by atoms with Gasteiger partial charge in [-0.15, -0.1) is 0 Å². The molecule has 4 nitrogen and oxygen atoms in total. The second kappa shape index (κ2) is 2.81. The number of hydrogen-bond donors (Lipinski definition) is 2. The lowest BCUT2D eigenvalue weighted by Crippen LogP contribution is -2.51. The van der Waals surface area contributed by atoms with E-state index >= 15 is 0 Å². The normalized spacial score (nSPS) is 47.5. The van der Waals surface area contributed by atoms with Gasteiger partial charge in [0, 0.05) is 11.5 Å². The first-order chi connectivity index (χ1) is 6.47. The van der Waals surface area contributed by atoms with E-state index in [0.717, 1.165) is 0 Å². The molecule has 0 aromatic rings. The van der Waals surface area contributed by atoms with Crippen molar-refractivity contribution in [1.82, 2.24) is 0 Å². The van der Waals surface area contributed by atoms with Gasteiger partial charge in [0.1, 0.15) is 12.2 Å². The summed E-state index contributed by atoms with van der Waals surface area (Å²) in [6.07, 6.45) is -0.202. The van der Waals surface area contributed by atoms with Crippen LogP contribution in [0.3, 0.4) is 0 Å². The molecule has 1 aliphatic heterocycles. The lowest BCUT2D eigenvalue weighted by molar-refractivity contribution is -0.165. The molecule has 78 valence electrons. The Kier molecular flexibility index (Phi) is 1.94. The third kappa shape index (κ3) is 1.04. The molecular formula is C10H14O4. The zero-order valence-corrected chi connectivity index (χ0v) is 8.06. The zero-order chi connectivity index (χ0) is 10.5. The molecule has 2 unspecified atom stereocenters. The van der Waals surface area contributed by atoms with E-state index < -0.39 is 23.6 Å². The van der Waals surface area contributed by atoms with Crippen LogP contribution in [-0.4, -0.2) is 34.5 Å². The lowest BCUT2D eigenvalue weighted by atomic mass is 9.79. The highest BCUT2D eigenvalue weighted by molar-refractivity contribution is 5.89. The fourth-order valence-electron chi connectivity index (χ4n) is 2.51. The maximum atomic E-state index is 11.2. The standard InChI is InChI=1S/C10H14O4/c1-5-3-7(11)8-6(2)9(12)14-4-10(5,8)13/h5,7-8,11,13H,2-4H2,1H3/t5-,7?,8?,10-/m0/s1. The van der Waals surface area contributed by atoms with Gasteiger partial charge in [-0.05, 0) is 12.3 Å². The number of carbonyl (C=O) groups excluding carboxylic acids is 1. The van der Waals surface area contributed by atoms with Crippen LogP contribution >= 0.6 is 0 Å². The molecule has 0 radical (unpaired) electrons. The average molecular weight is 198 g/mol. The summed E-state index contributed by atoms with van der Waals surface area (Å²) >= 11 is 0. The van der Waals surface area contributed by atoms with Gasteiger partial charge in [0.2, 0.25) is 0 Å². The average Bonchev–Trinajstić information content (AvgIpc) is 2.33. The van der Waals surface area contributed by atoms with Crippen LogP contribution in [-0.2, 0) is 9.53 Å². The molecule has 2 N–H and O–H groups in total. The summed E-state index contributed by atoms with van der Waals surface area (Å²) in [5, 5.41) is 20.0. The minimum absolute atomic E-state index is 0.0340. The highest BCUT2D eigenvalue weighted by atomic mass is 16.5. The van der Waals surface area contributed by atoms with Gasteiger partial charge in [0.15, 0.2) is 0 Å². The van der Waals surface area contributed by atoms with Crippen LogP contribution in [0.5, 0.6) is 0 Å². The van der Waals surface area contributed by atoms with Crippen molar-refractivity contribution < 1.29 is 19.7 Å². The summed E-state index contributed by atoms with van der Waals surface area (Å²) in [5.41, 5.74) is -0.930. The molecular weight excluding hydrogens is 184 g/mol. The molecule has 0 aromatic carbocycles. The SMILES string of the molecule is C=C1C(=O)OC[C@@]2(O)C1C(O)C[C@@H]2C. The Hall–Kier alpha value is -0.870. The maximum Gasteiger partial charge on any atom is 0.334 e. The molecule has 1 saturated carbocycles. The van der Waals surface area contributed by atoms with Crippen molar-refractivity contribution in [2.45, 2.75) is 25.0 Å². The molecule has 0 aromatic heterocycles. The molecule has 2 rings (SSSR count). The molecule has 4 atom stereocenters. The first-order valence-corrected chi connectivity index (χ1v) is 4.73. The van der Waals surface area contributed by atoms with Gasteiger partial charge >= 0.3 is 5.97 Å². The number of aliphatic hydroxyl groups excluding tert-OH is 1. The summed E-state index contributed by atoms with van der Waals surface area (Å²) in [7, 11) is 0. The number of cyclic esters (lactones) is 1. The number of aliphatic hydroxyl groups is 2. The molecule has 1 aliphatic carbocycles. The van der Waals surface area contributed by atoms with Crippen LogP contribution in [0.15, 0.2) is 12.2 Å². The molecule has 1 saturated heterocycles. The van der Waals surface area contributed by atoms with Crippen molar-refractivity contribution in [3.05, 3.63) is 12.2 Å². The fraction of sp³-hybridized carbons (Fsp3) is 0.700. The highest BCUT2D eigenvalue weighted by Gasteiger charge is 2.57. The quantitative estimate of drug-likeness (QED) is 0.419. The Morgan fingerprint density at radius 2 is 2.29 bits per heavy atom. The summed E-state index contributed by atoms with van der Waals surface area (Å²) in [5.74, 6) is -1.14. The van der Waals surface area contributed by atoms with Gasteiger partial charge in [-0.3, -0.25) is 0 Å². The molecule has 0 spiro atoms. The predicted octanol–water partition coefficient (Wildman–Crippen LogP) is -0.153. The summed E-state index contributed by atoms with van der Waals surface area (Å²) in [4.78, 5) is 11.2. The van der Waals surface area contributed by atoms with E-state index in [2.05, 4.69) is 6.58 Å². The largest absolute Gasteiger partial charge is 0.459 e. The minimum atomic E-state index is -1.12. The van der Waals surface area contributed by atoms with Gasteiger partial charge in [0.25, 0.3) is 0 Å². The van der Waals surface area contributed by atoms with Crippen molar-refractivity contribution >= 4 is 5.97 Å². The van der Waals surface area contributed by atoms with Crippen molar-refractivity contribution in [2.24, 2.45) is 11.8 Å². The van der Waals surface area contributed by atoms with E-state index in [1.54, 1.807) is 0 Å². The summed E-state index contributed by atoms with van der Waals surface area (Å²) < 4.78 is 4.83. The predicted molar refractivity (Wildman–Crippen MR) is 48.3 cm³/mol. The number of carbonyl (C=O) groups is 1. The Morgan fingerprint density at radius 1 is 1.64 bits per heavy atom. The van der Waals surface area contributed by atoms with E-state index in [1.165, 1.54) is 0 Å². The lowest BCUT2D eigenvalue weighted by Gasteiger charge is -2.38. The second-order valence-corrected chi connectivity index (χ2v) is 4.27. The van der Waals surface area contributed by atoms with Crippen molar-refractivity contribution in [3.8, 4) is 0 Å². The van der Waals surface area contributed by atoms with E-state index in [-0.39, 0.29) is 18.1 Å². The molecule has 0 amide bonds. The number of rotatable bonds is 0.